The predicted octanol–water partition coefficient (Wildman–Crippen LogP) is 2.89. The van der Waals surface area contributed by atoms with Crippen molar-refractivity contribution in [1.29, 1.82) is 0 Å². The fourth-order valence-corrected chi connectivity index (χ4v) is 3.96. The van der Waals surface area contributed by atoms with Crippen molar-refractivity contribution in [2.45, 2.75) is 52.0 Å². The zero-order valence-electron chi connectivity index (χ0n) is 12.4. The van der Waals surface area contributed by atoms with Crippen LogP contribution in [-0.4, -0.2) is 53.8 Å². The Balaban J connectivity index is 1.83. The van der Waals surface area contributed by atoms with Gasteiger partial charge in [0.15, 0.2) is 0 Å². The van der Waals surface area contributed by atoms with Gasteiger partial charge in [0.2, 0.25) is 0 Å². The summed E-state index contributed by atoms with van der Waals surface area (Å²) in [5.74, 6) is 1.08. The fourth-order valence-electron chi connectivity index (χ4n) is 3.54. The maximum absolute atomic E-state index is 4.63. The Labute approximate surface area is 119 Å². The Morgan fingerprint density at radius 1 is 1.00 bits per heavy atom. The lowest BCUT2D eigenvalue weighted by molar-refractivity contribution is 0.0444. The first-order valence-corrected chi connectivity index (χ1v) is 8.17. The molecule has 0 aromatic carbocycles. The molecule has 0 bridgehead atoms. The largest absolute Gasteiger partial charge is 0.300 e. The van der Waals surface area contributed by atoms with Crippen LogP contribution in [0.25, 0.3) is 0 Å². The summed E-state index contributed by atoms with van der Waals surface area (Å²) >= 11 is 4.63. The summed E-state index contributed by atoms with van der Waals surface area (Å²) in [6, 6.07) is 0. The first-order valence-electron chi connectivity index (χ1n) is 7.54. The maximum Gasteiger partial charge on any atom is 0.0126 e. The number of nitrogens with zero attached hydrogens (tertiary/aromatic N) is 2. The maximum atomic E-state index is 4.63. The molecule has 0 radical (unpaired) electrons. The zero-order chi connectivity index (χ0) is 13.2. The molecule has 0 atom stereocenters. The average Bonchev–Trinajstić information content (AvgIpc) is 2.78. The molecule has 1 aliphatic carbocycles. The fraction of sp³-hybridized carbons (Fsp3) is 1.00. The van der Waals surface area contributed by atoms with Crippen LogP contribution >= 0.6 is 12.6 Å². The molecule has 1 saturated carbocycles. The minimum atomic E-state index is 0.334. The highest BCUT2D eigenvalue weighted by Gasteiger charge is 2.35. The van der Waals surface area contributed by atoms with E-state index in [0.717, 1.165) is 5.75 Å². The zero-order valence-corrected chi connectivity index (χ0v) is 13.3. The average molecular weight is 270 g/mol. The second-order valence-electron chi connectivity index (χ2n) is 7.30. The molecule has 1 aliphatic heterocycles. The van der Waals surface area contributed by atoms with Crippen molar-refractivity contribution in [2.75, 3.05) is 38.5 Å². The van der Waals surface area contributed by atoms with E-state index in [4.69, 9.17) is 0 Å². The molecule has 106 valence electrons. The Morgan fingerprint density at radius 2 is 1.56 bits per heavy atom. The van der Waals surface area contributed by atoms with E-state index in [1.54, 1.807) is 0 Å². The van der Waals surface area contributed by atoms with E-state index in [0.29, 0.717) is 11.0 Å². The standard InChI is InChI=1S/C15H30N2S/c1-14(2,3)17-10-8-16(9-11-17)12-15(13-18)6-4-5-7-15/h18H,4-13H2,1-3H3. The Bertz CT molecular complexity index is 258. The summed E-state index contributed by atoms with van der Waals surface area (Å²) in [5, 5.41) is 0. The molecule has 2 fully saturated rings. The van der Waals surface area contributed by atoms with Gasteiger partial charge in [-0.1, -0.05) is 12.8 Å². The van der Waals surface area contributed by atoms with Crippen LogP contribution in [0.5, 0.6) is 0 Å². The van der Waals surface area contributed by atoms with E-state index in [9.17, 15) is 0 Å². The van der Waals surface area contributed by atoms with E-state index in [2.05, 4.69) is 43.2 Å². The summed E-state index contributed by atoms with van der Waals surface area (Å²) in [6.07, 6.45) is 5.64. The third-order valence-corrected chi connectivity index (χ3v) is 5.55. The quantitative estimate of drug-likeness (QED) is 0.788. The summed E-state index contributed by atoms with van der Waals surface area (Å²) in [6.45, 7) is 13.2. The molecule has 18 heavy (non-hydrogen) atoms. The molecular weight excluding hydrogens is 240 g/mol. The minimum absolute atomic E-state index is 0.334. The van der Waals surface area contributed by atoms with Gasteiger partial charge in [0.1, 0.15) is 0 Å². The Hall–Kier alpha value is 0.270. The monoisotopic (exact) mass is 270 g/mol. The molecule has 0 amide bonds. The molecule has 2 aliphatic rings. The van der Waals surface area contributed by atoms with Crippen molar-refractivity contribution in [1.82, 2.24) is 9.80 Å². The molecule has 3 heteroatoms. The van der Waals surface area contributed by atoms with Crippen molar-refractivity contribution in [3.63, 3.8) is 0 Å². The van der Waals surface area contributed by atoms with Gasteiger partial charge in [-0.05, 0) is 44.8 Å². The van der Waals surface area contributed by atoms with Gasteiger partial charge < -0.3 is 4.90 Å². The Kier molecular flexibility index (Phi) is 4.66. The number of hydrogen-bond donors (Lipinski definition) is 1. The van der Waals surface area contributed by atoms with Gasteiger partial charge in [-0.15, -0.1) is 0 Å². The molecule has 2 nitrogen and oxygen atoms in total. The molecule has 0 N–H and O–H groups in total. The third kappa shape index (κ3) is 3.43. The summed E-state index contributed by atoms with van der Waals surface area (Å²) in [5.41, 5.74) is 0.869. The highest BCUT2D eigenvalue weighted by atomic mass is 32.1. The molecule has 0 spiro atoms. The van der Waals surface area contributed by atoms with E-state index in [1.165, 1.54) is 58.4 Å². The van der Waals surface area contributed by atoms with Crippen LogP contribution in [0.1, 0.15) is 46.5 Å². The van der Waals surface area contributed by atoms with E-state index < -0.39 is 0 Å². The predicted molar refractivity (Wildman–Crippen MR) is 82.5 cm³/mol. The van der Waals surface area contributed by atoms with E-state index in [-0.39, 0.29) is 0 Å². The summed E-state index contributed by atoms with van der Waals surface area (Å²) in [4.78, 5) is 5.30. The highest BCUT2D eigenvalue weighted by molar-refractivity contribution is 7.80. The lowest BCUT2D eigenvalue weighted by Crippen LogP contribution is -2.55. The van der Waals surface area contributed by atoms with Gasteiger partial charge in [-0.2, -0.15) is 12.6 Å². The molecule has 1 saturated heterocycles. The van der Waals surface area contributed by atoms with Gasteiger partial charge in [-0.3, -0.25) is 4.90 Å². The second kappa shape index (κ2) is 5.72. The van der Waals surface area contributed by atoms with Crippen LogP contribution in [-0.2, 0) is 0 Å². The van der Waals surface area contributed by atoms with Gasteiger partial charge in [0.05, 0.1) is 0 Å². The summed E-state index contributed by atoms with van der Waals surface area (Å²) < 4.78 is 0. The van der Waals surface area contributed by atoms with Crippen molar-refractivity contribution in [3.05, 3.63) is 0 Å². The van der Waals surface area contributed by atoms with Crippen molar-refractivity contribution in [2.24, 2.45) is 5.41 Å². The minimum Gasteiger partial charge on any atom is -0.300 e. The topological polar surface area (TPSA) is 6.48 Å². The van der Waals surface area contributed by atoms with Crippen molar-refractivity contribution in [3.8, 4) is 0 Å². The lowest BCUT2D eigenvalue weighted by Gasteiger charge is -2.44. The van der Waals surface area contributed by atoms with Gasteiger partial charge >= 0.3 is 0 Å². The molecule has 1 heterocycles. The molecule has 0 aromatic rings. The van der Waals surface area contributed by atoms with E-state index >= 15 is 0 Å². The third-order valence-electron chi connectivity index (χ3n) is 4.88. The summed E-state index contributed by atoms with van der Waals surface area (Å²) in [7, 11) is 0. The highest BCUT2D eigenvalue weighted by Crippen LogP contribution is 2.39. The number of piperazine rings is 1. The van der Waals surface area contributed by atoms with Crippen LogP contribution < -0.4 is 0 Å². The van der Waals surface area contributed by atoms with E-state index in [1.807, 2.05) is 0 Å². The van der Waals surface area contributed by atoms with Crippen molar-refractivity contribution < 1.29 is 0 Å². The molecule has 0 unspecified atom stereocenters. The number of rotatable bonds is 3. The Morgan fingerprint density at radius 3 is 2.00 bits per heavy atom. The first-order chi connectivity index (χ1) is 8.45. The SMILES string of the molecule is CC(C)(C)N1CCN(CC2(CS)CCCC2)CC1. The van der Waals surface area contributed by atoms with Gasteiger partial charge in [-0.25, -0.2) is 0 Å². The lowest BCUT2D eigenvalue weighted by atomic mass is 9.87. The normalized spacial score (nSPS) is 26.7. The number of hydrogen-bond acceptors (Lipinski definition) is 3. The van der Waals surface area contributed by atoms with Gasteiger partial charge in [0, 0.05) is 38.3 Å². The van der Waals surface area contributed by atoms with Gasteiger partial charge in [0.25, 0.3) is 0 Å². The first kappa shape index (κ1) is 14.7. The van der Waals surface area contributed by atoms with Crippen LogP contribution in [0.3, 0.4) is 0 Å². The second-order valence-corrected chi connectivity index (χ2v) is 7.62. The molecule has 2 rings (SSSR count). The molecule has 0 aromatic heterocycles. The van der Waals surface area contributed by atoms with Crippen molar-refractivity contribution >= 4 is 12.6 Å². The number of thiol groups is 1. The molecular formula is C15H30N2S. The van der Waals surface area contributed by atoms with Crippen LogP contribution in [0.4, 0.5) is 0 Å². The van der Waals surface area contributed by atoms with Crippen LogP contribution in [0.2, 0.25) is 0 Å². The van der Waals surface area contributed by atoms with Crippen LogP contribution in [0.15, 0.2) is 0 Å². The smallest absolute Gasteiger partial charge is 0.0126 e. The van der Waals surface area contributed by atoms with Crippen LogP contribution in [0, 0.1) is 5.41 Å².